The molecule has 2 heterocycles. The summed E-state index contributed by atoms with van der Waals surface area (Å²) in [6.45, 7) is 4.59. The molecule has 1 amide bonds. The molecule has 1 aliphatic heterocycles. The van der Waals surface area contributed by atoms with Gasteiger partial charge in [-0.3, -0.25) is 9.89 Å². The lowest BCUT2D eigenvalue weighted by atomic mass is 10.1. The predicted octanol–water partition coefficient (Wildman–Crippen LogP) is 2.30. The molecule has 0 radical (unpaired) electrons. The van der Waals surface area contributed by atoms with Gasteiger partial charge in [-0.05, 0) is 63.7 Å². The van der Waals surface area contributed by atoms with Crippen molar-refractivity contribution in [2.45, 2.75) is 25.8 Å². The van der Waals surface area contributed by atoms with Crippen LogP contribution in [-0.4, -0.2) is 53.8 Å². The Hall–Kier alpha value is -2.34. The van der Waals surface area contributed by atoms with Crippen molar-refractivity contribution in [1.29, 1.82) is 0 Å². The number of likely N-dealkylation sites (tertiary alicyclic amines) is 1. The molecule has 6 heteroatoms. The first-order valence-electron chi connectivity index (χ1n) is 8.43. The number of hydrogen-bond acceptors (Lipinski definition) is 4. The van der Waals surface area contributed by atoms with Gasteiger partial charge in [-0.2, -0.15) is 5.10 Å². The highest BCUT2D eigenvalue weighted by Crippen LogP contribution is 2.21. The molecule has 1 aliphatic rings. The molecule has 1 atom stereocenters. The zero-order valence-electron chi connectivity index (χ0n) is 14.2. The SMILES string of the molecule is CCOc1ccc(-c2cc(C(=O)N[C@@H]3CCCN(C)C3)[nH]n2)cc1. The quantitative estimate of drug-likeness (QED) is 0.883. The van der Waals surface area contributed by atoms with Crippen LogP contribution >= 0.6 is 0 Å². The molecule has 1 aromatic heterocycles. The summed E-state index contributed by atoms with van der Waals surface area (Å²) < 4.78 is 5.44. The molecule has 0 saturated carbocycles. The summed E-state index contributed by atoms with van der Waals surface area (Å²) in [5.41, 5.74) is 2.20. The van der Waals surface area contributed by atoms with Crippen LogP contribution in [0.15, 0.2) is 30.3 Å². The summed E-state index contributed by atoms with van der Waals surface area (Å²) in [6, 6.07) is 9.69. The fraction of sp³-hybridized carbons (Fsp3) is 0.444. The maximum Gasteiger partial charge on any atom is 0.269 e. The lowest BCUT2D eigenvalue weighted by Gasteiger charge is -2.29. The van der Waals surface area contributed by atoms with Gasteiger partial charge in [0.25, 0.3) is 5.91 Å². The summed E-state index contributed by atoms with van der Waals surface area (Å²) in [5.74, 6) is 0.733. The molecular weight excluding hydrogens is 304 g/mol. The van der Waals surface area contributed by atoms with E-state index in [1.165, 1.54) is 0 Å². The number of ether oxygens (including phenoxy) is 1. The Morgan fingerprint density at radius 1 is 1.42 bits per heavy atom. The molecule has 3 rings (SSSR count). The number of aromatic nitrogens is 2. The fourth-order valence-electron chi connectivity index (χ4n) is 3.02. The van der Waals surface area contributed by atoms with E-state index < -0.39 is 0 Å². The van der Waals surface area contributed by atoms with E-state index in [0.29, 0.717) is 12.3 Å². The lowest BCUT2D eigenvalue weighted by Crippen LogP contribution is -2.46. The normalized spacial score (nSPS) is 18.3. The number of carbonyl (C=O) groups excluding carboxylic acids is 1. The van der Waals surface area contributed by atoms with Crippen LogP contribution in [0.1, 0.15) is 30.3 Å². The number of rotatable bonds is 5. The first-order chi connectivity index (χ1) is 11.7. The van der Waals surface area contributed by atoms with Crippen molar-refractivity contribution < 1.29 is 9.53 Å². The molecule has 1 fully saturated rings. The van der Waals surface area contributed by atoms with Gasteiger partial charge < -0.3 is 15.0 Å². The topological polar surface area (TPSA) is 70.2 Å². The molecule has 128 valence electrons. The number of piperidine rings is 1. The number of carbonyl (C=O) groups is 1. The number of nitrogens with one attached hydrogen (secondary N) is 2. The number of hydrogen-bond donors (Lipinski definition) is 2. The number of amides is 1. The first-order valence-corrected chi connectivity index (χ1v) is 8.43. The van der Waals surface area contributed by atoms with E-state index in [1.807, 2.05) is 31.2 Å². The third kappa shape index (κ3) is 3.94. The van der Waals surface area contributed by atoms with Gasteiger partial charge in [-0.25, -0.2) is 0 Å². The summed E-state index contributed by atoms with van der Waals surface area (Å²) in [4.78, 5) is 14.6. The van der Waals surface area contributed by atoms with Crippen LogP contribution in [0.2, 0.25) is 0 Å². The number of H-pyrrole nitrogens is 1. The fourth-order valence-corrected chi connectivity index (χ4v) is 3.02. The van der Waals surface area contributed by atoms with Crippen molar-refractivity contribution in [1.82, 2.24) is 20.4 Å². The zero-order valence-corrected chi connectivity index (χ0v) is 14.2. The van der Waals surface area contributed by atoms with E-state index in [1.54, 1.807) is 6.07 Å². The third-order valence-corrected chi connectivity index (χ3v) is 4.24. The third-order valence-electron chi connectivity index (χ3n) is 4.24. The van der Waals surface area contributed by atoms with Crippen LogP contribution in [0.4, 0.5) is 0 Å². The van der Waals surface area contributed by atoms with Gasteiger partial charge in [0.2, 0.25) is 0 Å². The van der Waals surface area contributed by atoms with Gasteiger partial charge in [0.1, 0.15) is 11.4 Å². The van der Waals surface area contributed by atoms with Crippen LogP contribution in [0, 0.1) is 0 Å². The summed E-state index contributed by atoms with van der Waals surface area (Å²) in [5, 5.41) is 10.2. The summed E-state index contributed by atoms with van der Waals surface area (Å²) >= 11 is 0. The molecule has 0 aliphatic carbocycles. The Kier molecular flexibility index (Phi) is 5.15. The van der Waals surface area contributed by atoms with E-state index in [0.717, 1.165) is 42.9 Å². The molecular formula is C18H24N4O2. The van der Waals surface area contributed by atoms with Crippen LogP contribution in [0.3, 0.4) is 0 Å². The van der Waals surface area contributed by atoms with Gasteiger partial charge in [0.05, 0.1) is 12.3 Å². The molecule has 6 nitrogen and oxygen atoms in total. The molecule has 0 unspecified atom stereocenters. The lowest BCUT2D eigenvalue weighted by molar-refractivity contribution is 0.0907. The second kappa shape index (κ2) is 7.49. The Labute approximate surface area is 142 Å². The Balaban J connectivity index is 1.65. The molecule has 24 heavy (non-hydrogen) atoms. The molecule has 2 aromatic rings. The monoisotopic (exact) mass is 328 g/mol. The van der Waals surface area contributed by atoms with E-state index >= 15 is 0 Å². The average Bonchev–Trinajstić information content (AvgIpc) is 3.06. The standard InChI is InChI=1S/C18H24N4O2/c1-3-24-15-8-6-13(7-9-15)16-11-17(21-20-16)18(23)19-14-5-4-10-22(2)12-14/h6-9,11,14H,3-5,10,12H2,1-2H3,(H,19,23)(H,20,21)/t14-/m1/s1. The van der Waals surface area contributed by atoms with Crippen LogP contribution < -0.4 is 10.1 Å². The zero-order chi connectivity index (χ0) is 16.9. The molecule has 1 saturated heterocycles. The van der Waals surface area contributed by atoms with Crippen molar-refractivity contribution in [3.8, 4) is 17.0 Å². The van der Waals surface area contributed by atoms with Gasteiger partial charge in [-0.15, -0.1) is 0 Å². The second-order valence-electron chi connectivity index (χ2n) is 6.20. The minimum Gasteiger partial charge on any atom is -0.494 e. The van der Waals surface area contributed by atoms with Crippen molar-refractivity contribution in [3.05, 3.63) is 36.0 Å². The van der Waals surface area contributed by atoms with E-state index in [-0.39, 0.29) is 11.9 Å². The highest BCUT2D eigenvalue weighted by atomic mass is 16.5. The number of aromatic amines is 1. The first kappa shape index (κ1) is 16.5. The Morgan fingerprint density at radius 3 is 2.92 bits per heavy atom. The van der Waals surface area contributed by atoms with E-state index in [9.17, 15) is 4.79 Å². The number of nitrogens with zero attached hydrogens (tertiary/aromatic N) is 2. The van der Waals surface area contributed by atoms with Crippen molar-refractivity contribution in [2.24, 2.45) is 0 Å². The summed E-state index contributed by atoms with van der Waals surface area (Å²) in [7, 11) is 2.08. The highest BCUT2D eigenvalue weighted by Gasteiger charge is 2.20. The van der Waals surface area contributed by atoms with E-state index in [2.05, 4.69) is 27.5 Å². The molecule has 2 N–H and O–H groups in total. The second-order valence-corrected chi connectivity index (χ2v) is 6.20. The Bertz CT molecular complexity index is 681. The largest absolute Gasteiger partial charge is 0.494 e. The predicted molar refractivity (Wildman–Crippen MR) is 93.2 cm³/mol. The van der Waals surface area contributed by atoms with Crippen LogP contribution in [0.5, 0.6) is 5.75 Å². The van der Waals surface area contributed by atoms with Gasteiger partial charge >= 0.3 is 0 Å². The van der Waals surface area contributed by atoms with Crippen molar-refractivity contribution in [3.63, 3.8) is 0 Å². The number of benzene rings is 1. The molecule has 1 aromatic carbocycles. The maximum absolute atomic E-state index is 12.4. The van der Waals surface area contributed by atoms with Crippen LogP contribution in [-0.2, 0) is 0 Å². The van der Waals surface area contributed by atoms with E-state index in [4.69, 9.17) is 4.74 Å². The maximum atomic E-state index is 12.4. The molecule has 0 bridgehead atoms. The molecule has 0 spiro atoms. The minimum atomic E-state index is -0.0972. The minimum absolute atomic E-state index is 0.0972. The Morgan fingerprint density at radius 2 is 2.21 bits per heavy atom. The average molecular weight is 328 g/mol. The summed E-state index contributed by atoms with van der Waals surface area (Å²) in [6.07, 6.45) is 2.14. The highest BCUT2D eigenvalue weighted by molar-refractivity contribution is 5.93. The van der Waals surface area contributed by atoms with Gasteiger partial charge in [0.15, 0.2) is 0 Å². The number of likely N-dealkylation sites (N-methyl/N-ethyl adjacent to an activating group) is 1. The van der Waals surface area contributed by atoms with Crippen molar-refractivity contribution in [2.75, 3.05) is 26.7 Å². The van der Waals surface area contributed by atoms with Gasteiger partial charge in [-0.1, -0.05) is 0 Å². The van der Waals surface area contributed by atoms with Crippen molar-refractivity contribution >= 4 is 5.91 Å². The van der Waals surface area contributed by atoms with Gasteiger partial charge in [0, 0.05) is 18.2 Å². The smallest absolute Gasteiger partial charge is 0.269 e. The van der Waals surface area contributed by atoms with Crippen LogP contribution in [0.25, 0.3) is 11.3 Å².